The molecule has 2 heterocycles. The lowest BCUT2D eigenvalue weighted by molar-refractivity contribution is -0.384. The summed E-state index contributed by atoms with van der Waals surface area (Å²) in [6.07, 6.45) is 0. The van der Waals surface area contributed by atoms with Gasteiger partial charge in [-0.25, -0.2) is 4.79 Å². The second-order valence-corrected chi connectivity index (χ2v) is 6.30. The highest BCUT2D eigenvalue weighted by molar-refractivity contribution is 7.12. The van der Waals surface area contributed by atoms with Gasteiger partial charge in [-0.2, -0.15) is 0 Å². The fraction of sp³-hybridized carbons (Fsp3) is 0.125. The van der Waals surface area contributed by atoms with E-state index in [0.717, 1.165) is 23.5 Å². The van der Waals surface area contributed by atoms with Crippen molar-refractivity contribution in [2.45, 2.75) is 0 Å². The number of nitrogens with zero attached hydrogens (tertiary/aromatic N) is 2. The van der Waals surface area contributed by atoms with Gasteiger partial charge in [-0.05, 0) is 17.5 Å². The van der Waals surface area contributed by atoms with Crippen molar-refractivity contribution >= 4 is 46.4 Å². The number of nitro benzene ring substituents is 1. The number of hydrogen-bond donors (Lipinski definition) is 1. The van der Waals surface area contributed by atoms with E-state index in [0.29, 0.717) is 4.90 Å². The van der Waals surface area contributed by atoms with Gasteiger partial charge < -0.3 is 10.1 Å². The Labute approximate surface area is 155 Å². The summed E-state index contributed by atoms with van der Waals surface area (Å²) in [5.41, 5.74) is -0.275. The highest BCUT2D eigenvalue weighted by atomic mass is 32.1. The summed E-state index contributed by atoms with van der Waals surface area (Å²) in [5.74, 6) is -2.86. The van der Waals surface area contributed by atoms with E-state index in [1.165, 1.54) is 19.2 Å². The number of imide groups is 1. The Morgan fingerprint density at radius 1 is 1.22 bits per heavy atom. The van der Waals surface area contributed by atoms with Gasteiger partial charge in [0, 0.05) is 12.1 Å². The summed E-state index contributed by atoms with van der Waals surface area (Å²) in [4.78, 5) is 59.6. The minimum Gasteiger partial charge on any atom is -0.465 e. The van der Waals surface area contributed by atoms with E-state index in [9.17, 15) is 29.3 Å². The number of non-ortho nitro benzene ring substituents is 1. The summed E-state index contributed by atoms with van der Waals surface area (Å²) < 4.78 is 4.60. The van der Waals surface area contributed by atoms with Gasteiger partial charge in [0.05, 0.1) is 28.8 Å². The number of ether oxygens (including phenoxy) is 1. The molecule has 1 aliphatic rings. The predicted octanol–water partition coefficient (Wildman–Crippen LogP) is 1.68. The predicted molar refractivity (Wildman–Crippen MR) is 92.8 cm³/mol. The zero-order valence-electron chi connectivity index (χ0n) is 13.8. The smallest absolute Gasteiger partial charge is 0.350 e. The van der Waals surface area contributed by atoms with E-state index < -0.39 is 35.2 Å². The summed E-state index contributed by atoms with van der Waals surface area (Å²) in [6, 6.07) is 4.78. The molecule has 0 fully saturated rings. The van der Waals surface area contributed by atoms with E-state index in [2.05, 4.69) is 10.1 Å². The van der Waals surface area contributed by atoms with E-state index in [4.69, 9.17) is 0 Å². The first kappa shape index (κ1) is 18.2. The number of nitro groups is 1. The average molecular weight is 389 g/mol. The van der Waals surface area contributed by atoms with Crippen LogP contribution >= 0.6 is 11.3 Å². The Hall–Kier alpha value is -3.60. The number of nitrogens with one attached hydrogen (secondary N) is 1. The molecule has 0 radical (unpaired) electrons. The standard InChI is InChI=1S/C16H11N3O7S/c1-26-16(23)13-11(4-5-27-13)17-12(20)7-18-14(21)9-3-2-8(19(24)25)6-10(9)15(18)22/h2-6H,7H2,1H3,(H,17,20). The number of hydrogen-bond acceptors (Lipinski definition) is 8. The van der Waals surface area contributed by atoms with Crippen LogP contribution < -0.4 is 5.32 Å². The summed E-state index contributed by atoms with van der Waals surface area (Å²) in [5, 5.41) is 14.9. The van der Waals surface area contributed by atoms with Gasteiger partial charge in [0.25, 0.3) is 17.5 Å². The molecule has 0 atom stereocenters. The number of carbonyl (C=O) groups is 4. The lowest BCUT2D eigenvalue weighted by Gasteiger charge is -2.13. The van der Waals surface area contributed by atoms with Crippen molar-refractivity contribution in [1.82, 2.24) is 4.90 Å². The average Bonchev–Trinajstić information content (AvgIpc) is 3.19. The van der Waals surface area contributed by atoms with Crippen LogP contribution in [0.2, 0.25) is 0 Å². The van der Waals surface area contributed by atoms with Crippen LogP contribution in [0.25, 0.3) is 0 Å². The van der Waals surface area contributed by atoms with E-state index in [1.54, 1.807) is 5.38 Å². The largest absolute Gasteiger partial charge is 0.465 e. The van der Waals surface area contributed by atoms with Gasteiger partial charge in [0.15, 0.2) is 0 Å². The molecular weight excluding hydrogens is 378 g/mol. The maximum Gasteiger partial charge on any atom is 0.350 e. The zero-order valence-corrected chi connectivity index (χ0v) is 14.6. The minimum absolute atomic E-state index is 0.0100. The summed E-state index contributed by atoms with van der Waals surface area (Å²) >= 11 is 1.06. The van der Waals surface area contributed by atoms with Crippen LogP contribution in [0.15, 0.2) is 29.6 Å². The van der Waals surface area contributed by atoms with Crippen LogP contribution in [0, 0.1) is 10.1 Å². The van der Waals surface area contributed by atoms with Crippen LogP contribution in [0.5, 0.6) is 0 Å². The van der Waals surface area contributed by atoms with Crippen molar-refractivity contribution in [3.63, 3.8) is 0 Å². The number of rotatable bonds is 5. The molecule has 1 aliphatic heterocycles. The number of fused-ring (bicyclic) bond motifs is 1. The molecule has 1 aromatic carbocycles. The molecule has 0 bridgehead atoms. The number of esters is 1. The van der Waals surface area contributed by atoms with Crippen molar-refractivity contribution in [2.24, 2.45) is 0 Å². The lowest BCUT2D eigenvalue weighted by atomic mass is 10.1. The van der Waals surface area contributed by atoms with Crippen molar-refractivity contribution in [3.8, 4) is 0 Å². The number of anilines is 1. The fourth-order valence-corrected chi connectivity index (χ4v) is 3.29. The van der Waals surface area contributed by atoms with Gasteiger partial charge in [0.1, 0.15) is 11.4 Å². The van der Waals surface area contributed by atoms with Gasteiger partial charge in [-0.1, -0.05) is 0 Å². The molecule has 11 heteroatoms. The summed E-state index contributed by atoms with van der Waals surface area (Å²) in [7, 11) is 1.20. The van der Waals surface area contributed by atoms with Crippen LogP contribution in [0.4, 0.5) is 11.4 Å². The Bertz CT molecular complexity index is 998. The third-order valence-corrected chi connectivity index (χ3v) is 4.67. The van der Waals surface area contributed by atoms with Crippen LogP contribution in [0.3, 0.4) is 0 Å². The Balaban J connectivity index is 1.77. The number of amides is 3. The normalized spacial score (nSPS) is 12.7. The van der Waals surface area contributed by atoms with E-state index in [1.807, 2.05) is 0 Å². The number of thiophene rings is 1. The second-order valence-electron chi connectivity index (χ2n) is 5.39. The van der Waals surface area contributed by atoms with Crippen LogP contribution in [-0.2, 0) is 9.53 Å². The number of methoxy groups -OCH3 is 1. The molecule has 3 amide bonds. The molecule has 27 heavy (non-hydrogen) atoms. The fourth-order valence-electron chi connectivity index (χ4n) is 2.53. The molecule has 0 saturated carbocycles. The third-order valence-electron chi connectivity index (χ3n) is 3.78. The summed E-state index contributed by atoms with van der Waals surface area (Å²) in [6.45, 7) is -0.601. The van der Waals surface area contributed by atoms with E-state index >= 15 is 0 Å². The van der Waals surface area contributed by atoms with Crippen molar-refractivity contribution < 1.29 is 28.8 Å². The SMILES string of the molecule is COC(=O)c1sccc1NC(=O)CN1C(=O)c2ccc([N+](=O)[O-])cc2C1=O. The van der Waals surface area contributed by atoms with Gasteiger partial charge in [-0.15, -0.1) is 11.3 Å². The number of carbonyl (C=O) groups excluding carboxylic acids is 4. The molecule has 0 saturated heterocycles. The Morgan fingerprint density at radius 2 is 1.93 bits per heavy atom. The topological polar surface area (TPSA) is 136 Å². The second kappa shape index (κ2) is 6.96. The first-order chi connectivity index (χ1) is 12.8. The third kappa shape index (κ3) is 3.27. The molecule has 0 aliphatic carbocycles. The van der Waals surface area contributed by atoms with Crippen molar-refractivity contribution in [1.29, 1.82) is 0 Å². The maximum atomic E-state index is 12.4. The van der Waals surface area contributed by atoms with Gasteiger partial charge in [-0.3, -0.25) is 29.4 Å². The molecule has 1 aromatic heterocycles. The van der Waals surface area contributed by atoms with Gasteiger partial charge in [0.2, 0.25) is 5.91 Å². The molecule has 1 N–H and O–H groups in total. The molecule has 2 aromatic rings. The van der Waals surface area contributed by atoms with Crippen molar-refractivity contribution in [2.75, 3.05) is 19.0 Å². The molecular formula is C16H11N3O7S. The highest BCUT2D eigenvalue weighted by Crippen LogP contribution is 2.27. The van der Waals surface area contributed by atoms with Crippen LogP contribution in [-0.4, -0.2) is 47.2 Å². The monoisotopic (exact) mass is 389 g/mol. The molecule has 3 rings (SSSR count). The molecule has 0 unspecified atom stereocenters. The van der Waals surface area contributed by atoms with Crippen LogP contribution in [0.1, 0.15) is 30.4 Å². The minimum atomic E-state index is -0.799. The molecule has 138 valence electrons. The van der Waals surface area contributed by atoms with E-state index in [-0.39, 0.29) is 27.4 Å². The molecule has 0 spiro atoms. The number of benzene rings is 1. The van der Waals surface area contributed by atoms with Crippen molar-refractivity contribution in [3.05, 3.63) is 55.8 Å². The quantitative estimate of drug-likeness (QED) is 0.355. The highest BCUT2D eigenvalue weighted by Gasteiger charge is 2.38. The van der Waals surface area contributed by atoms with Gasteiger partial charge >= 0.3 is 5.97 Å². The first-order valence-electron chi connectivity index (χ1n) is 7.43. The Kier molecular flexibility index (Phi) is 4.69. The first-order valence-corrected chi connectivity index (χ1v) is 8.31. The molecule has 10 nitrogen and oxygen atoms in total. The Morgan fingerprint density at radius 3 is 2.59 bits per heavy atom. The lowest BCUT2D eigenvalue weighted by Crippen LogP contribution is -2.37. The maximum absolute atomic E-state index is 12.4. The zero-order chi connectivity index (χ0) is 19.7.